The highest BCUT2D eigenvalue weighted by molar-refractivity contribution is 6.36. The highest BCUT2D eigenvalue weighted by Gasteiger charge is 2.42. The highest BCUT2D eigenvalue weighted by Crippen LogP contribution is 2.33. The number of imide groups is 1. The normalized spacial score (nSPS) is 25.0. The Bertz CT molecular complexity index is 689. The number of hydrogen-bond acceptors (Lipinski definition) is 4. The van der Waals surface area contributed by atoms with Crippen molar-refractivity contribution in [2.24, 2.45) is 0 Å². The molecule has 2 atom stereocenters. The number of morpholine rings is 1. The average molecular weight is 349 g/mol. The van der Waals surface area contributed by atoms with Crippen LogP contribution in [0.25, 0.3) is 5.57 Å². The molecule has 2 aliphatic rings. The van der Waals surface area contributed by atoms with Crippen molar-refractivity contribution in [3.05, 3.63) is 40.5 Å². The zero-order valence-electron chi connectivity index (χ0n) is 14.1. The minimum absolute atomic E-state index is 0.00583. The van der Waals surface area contributed by atoms with Crippen molar-refractivity contribution in [3.8, 4) is 0 Å². The van der Waals surface area contributed by atoms with Gasteiger partial charge < -0.3 is 9.64 Å². The minimum atomic E-state index is -0.244. The third kappa shape index (κ3) is 2.94. The molecule has 128 valence electrons. The maximum absolute atomic E-state index is 12.8. The molecule has 0 spiro atoms. The van der Waals surface area contributed by atoms with Crippen LogP contribution in [0, 0.1) is 0 Å². The largest absolute Gasteiger partial charge is 0.372 e. The minimum Gasteiger partial charge on any atom is -0.372 e. The summed E-state index contributed by atoms with van der Waals surface area (Å²) in [5.41, 5.74) is 1.65. The number of likely N-dealkylation sites (N-methyl/N-ethyl adjacent to an activating group) is 1. The van der Waals surface area contributed by atoms with Crippen LogP contribution in [0.4, 0.5) is 0 Å². The Morgan fingerprint density at radius 1 is 1.08 bits per heavy atom. The predicted octanol–water partition coefficient (Wildman–Crippen LogP) is 2.55. The van der Waals surface area contributed by atoms with Gasteiger partial charge in [-0.2, -0.15) is 0 Å². The number of carbonyl (C=O) groups is 2. The summed E-state index contributed by atoms with van der Waals surface area (Å²) in [5, 5.41) is 0.596. The summed E-state index contributed by atoms with van der Waals surface area (Å²) < 4.78 is 5.76. The van der Waals surface area contributed by atoms with E-state index in [4.69, 9.17) is 16.3 Å². The molecule has 0 bridgehead atoms. The van der Waals surface area contributed by atoms with E-state index in [1.807, 2.05) is 25.7 Å². The average Bonchev–Trinajstić information content (AvgIpc) is 2.77. The molecule has 2 unspecified atom stereocenters. The molecule has 0 radical (unpaired) electrons. The summed E-state index contributed by atoms with van der Waals surface area (Å²) in [4.78, 5) is 28.9. The number of halogens is 1. The second kappa shape index (κ2) is 6.57. The number of benzene rings is 1. The molecule has 2 heterocycles. The molecule has 6 heteroatoms. The van der Waals surface area contributed by atoms with Gasteiger partial charge >= 0.3 is 0 Å². The topological polar surface area (TPSA) is 49.9 Å². The second-order valence-electron chi connectivity index (χ2n) is 6.25. The number of nitrogens with zero attached hydrogens (tertiary/aromatic N) is 2. The van der Waals surface area contributed by atoms with E-state index in [2.05, 4.69) is 0 Å². The van der Waals surface area contributed by atoms with Crippen LogP contribution in [-0.2, 0) is 14.3 Å². The van der Waals surface area contributed by atoms with Crippen molar-refractivity contribution in [3.63, 3.8) is 0 Å². The van der Waals surface area contributed by atoms with Crippen LogP contribution in [0.15, 0.2) is 30.0 Å². The van der Waals surface area contributed by atoms with E-state index in [1.165, 1.54) is 4.90 Å². The van der Waals surface area contributed by atoms with Gasteiger partial charge in [0.05, 0.1) is 17.8 Å². The molecule has 0 aliphatic carbocycles. The van der Waals surface area contributed by atoms with E-state index in [0.717, 1.165) is 5.56 Å². The van der Waals surface area contributed by atoms with Crippen LogP contribution in [0.5, 0.6) is 0 Å². The van der Waals surface area contributed by atoms with Crippen LogP contribution in [-0.4, -0.2) is 53.5 Å². The standard InChI is InChI=1S/C18H21ClN2O3/c1-4-21-17(22)15(13-5-7-14(19)8-6-13)16(18(21)23)20-9-11(2)24-12(3)10-20/h5-8,11-12H,4,9-10H2,1-3H3. The van der Waals surface area contributed by atoms with Gasteiger partial charge in [-0.05, 0) is 38.5 Å². The van der Waals surface area contributed by atoms with E-state index < -0.39 is 0 Å². The van der Waals surface area contributed by atoms with Crippen LogP contribution < -0.4 is 0 Å². The first-order chi connectivity index (χ1) is 11.4. The molecule has 1 aromatic rings. The van der Waals surface area contributed by atoms with Gasteiger partial charge in [-0.1, -0.05) is 23.7 Å². The molecule has 0 N–H and O–H groups in total. The fourth-order valence-electron chi connectivity index (χ4n) is 3.38. The molecular formula is C18H21ClN2O3. The Kier molecular flexibility index (Phi) is 4.65. The maximum Gasteiger partial charge on any atom is 0.277 e. The quantitative estimate of drug-likeness (QED) is 0.788. The summed E-state index contributed by atoms with van der Waals surface area (Å²) in [6.07, 6.45) is 0.0117. The molecule has 1 fully saturated rings. The summed E-state index contributed by atoms with van der Waals surface area (Å²) >= 11 is 5.96. The van der Waals surface area contributed by atoms with E-state index in [1.54, 1.807) is 24.3 Å². The van der Waals surface area contributed by atoms with Crippen molar-refractivity contribution >= 4 is 29.0 Å². The number of hydrogen-bond donors (Lipinski definition) is 0. The summed E-state index contributed by atoms with van der Waals surface area (Å²) in [7, 11) is 0. The van der Waals surface area contributed by atoms with Gasteiger partial charge in [-0.3, -0.25) is 14.5 Å². The van der Waals surface area contributed by atoms with Gasteiger partial charge in [-0.25, -0.2) is 0 Å². The molecule has 0 saturated carbocycles. The first kappa shape index (κ1) is 17.0. The van der Waals surface area contributed by atoms with Gasteiger partial charge in [0.1, 0.15) is 5.70 Å². The van der Waals surface area contributed by atoms with Crippen molar-refractivity contribution in [2.75, 3.05) is 19.6 Å². The molecule has 2 amide bonds. The first-order valence-corrected chi connectivity index (χ1v) is 8.57. The summed E-state index contributed by atoms with van der Waals surface area (Å²) in [6.45, 7) is 7.30. The van der Waals surface area contributed by atoms with Crippen molar-refractivity contribution < 1.29 is 14.3 Å². The summed E-state index contributed by atoms with van der Waals surface area (Å²) in [5.74, 6) is -0.472. The number of ether oxygens (including phenoxy) is 1. The number of rotatable bonds is 3. The van der Waals surface area contributed by atoms with E-state index in [9.17, 15) is 9.59 Å². The number of carbonyl (C=O) groups excluding carboxylic acids is 2. The SMILES string of the molecule is CCN1C(=O)C(c2ccc(Cl)cc2)=C(N2CC(C)OC(C)C2)C1=O. The van der Waals surface area contributed by atoms with Gasteiger partial charge in [0.2, 0.25) is 0 Å². The molecule has 1 aromatic carbocycles. The Labute approximate surface area is 146 Å². The fraction of sp³-hybridized carbons (Fsp3) is 0.444. The van der Waals surface area contributed by atoms with E-state index >= 15 is 0 Å². The number of amides is 2. The first-order valence-electron chi connectivity index (χ1n) is 8.19. The van der Waals surface area contributed by atoms with Crippen LogP contribution >= 0.6 is 11.6 Å². The smallest absolute Gasteiger partial charge is 0.277 e. The zero-order chi connectivity index (χ0) is 17.4. The van der Waals surface area contributed by atoms with Gasteiger partial charge in [0.25, 0.3) is 11.8 Å². The Morgan fingerprint density at radius 3 is 2.21 bits per heavy atom. The van der Waals surface area contributed by atoms with Crippen LogP contribution in [0.2, 0.25) is 5.02 Å². The van der Waals surface area contributed by atoms with E-state index in [-0.39, 0.29) is 24.0 Å². The van der Waals surface area contributed by atoms with Gasteiger partial charge in [0.15, 0.2) is 0 Å². The lowest BCUT2D eigenvalue weighted by molar-refractivity contribution is -0.138. The Morgan fingerprint density at radius 2 is 1.67 bits per heavy atom. The molecular weight excluding hydrogens is 328 g/mol. The summed E-state index contributed by atoms with van der Waals surface area (Å²) in [6, 6.07) is 7.04. The third-order valence-corrected chi connectivity index (χ3v) is 4.58. The van der Waals surface area contributed by atoms with Gasteiger partial charge in [-0.15, -0.1) is 0 Å². The molecule has 0 aromatic heterocycles. The van der Waals surface area contributed by atoms with Crippen molar-refractivity contribution in [2.45, 2.75) is 33.0 Å². The van der Waals surface area contributed by atoms with Crippen molar-refractivity contribution in [1.29, 1.82) is 0 Å². The lowest BCUT2D eigenvalue weighted by Gasteiger charge is -2.37. The third-order valence-electron chi connectivity index (χ3n) is 4.33. The van der Waals surface area contributed by atoms with E-state index in [0.29, 0.717) is 35.9 Å². The molecule has 1 saturated heterocycles. The lowest BCUT2D eigenvalue weighted by Crippen LogP contribution is -2.46. The van der Waals surface area contributed by atoms with Crippen molar-refractivity contribution in [1.82, 2.24) is 9.80 Å². The fourth-order valence-corrected chi connectivity index (χ4v) is 3.51. The molecule has 5 nitrogen and oxygen atoms in total. The maximum atomic E-state index is 12.8. The zero-order valence-corrected chi connectivity index (χ0v) is 14.8. The monoisotopic (exact) mass is 348 g/mol. The lowest BCUT2D eigenvalue weighted by atomic mass is 10.0. The molecule has 3 rings (SSSR count). The second-order valence-corrected chi connectivity index (χ2v) is 6.68. The highest BCUT2D eigenvalue weighted by atomic mass is 35.5. The van der Waals surface area contributed by atoms with Crippen LogP contribution in [0.3, 0.4) is 0 Å². The Hall–Kier alpha value is -1.85. The molecule has 2 aliphatic heterocycles. The van der Waals surface area contributed by atoms with Crippen LogP contribution in [0.1, 0.15) is 26.3 Å². The predicted molar refractivity (Wildman–Crippen MR) is 92.3 cm³/mol. The van der Waals surface area contributed by atoms with Gasteiger partial charge in [0, 0.05) is 24.7 Å². The Balaban J connectivity index is 2.09. The molecule has 24 heavy (non-hydrogen) atoms.